The SMILES string of the molecule is CCNC(=O)[C@H](CC)N(Cc1ccccc1C)C(=O)CN(c1cccc(C(F)(F)F)c1)S(=O)(=O)c1ccccc1. The summed E-state index contributed by atoms with van der Waals surface area (Å²) in [6, 6.07) is 17.3. The molecule has 0 aliphatic heterocycles. The number of carbonyl (C=O) groups excluding carboxylic acids is 2. The zero-order valence-electron chi connectivity index (χ0n) is 22.5. The van der Waals surface area contributed by atoms with Gasteiger partial charge in [-0.15, -0.1) is 0 Å². The number of hydrogen-bond donors (Lipinski definition) is 1. The van der Waals surface area contributed by atoms with Gasteiger partial charge in [0.05, 0.1) is 16.1 Å². The summed E-state index contributed by atoms with van der Waals surface area (Å²) in [7, 11) is -4.47. The van der Waals surface area contributed by atoms with Crippen molar-refractivity contribution in [1.29, 1.82) is 0 Å². The molecule has 2 amide bonds. The van der Waals surface area contributed by atoms with Crippen LogP contribution in [0.15, 0.2) is 83.8 Å². The van der Waals surface area contributed by atoms with Crippen LogP contribution >= 0.6 is 0 Å². The van der Waals surface area contributed by atoms with Gasteiger partial charge < -0.3 is 10.2 Å². The maximum absolute atomic E-state index is 13.9. The second kappa shape index (κ2) is 13.0. The van der Waals surface area contributed by atoms with E-state index in [1.165, 1.54) is 35.2 Å². The molecule has 0 aliphatic carbocycles. The number of nitrogens with zero attached hydrogens (tertiary/aromatic N) is 2. The van der Waals surface area contributed by atoms with Gasteiger partial charge in [0.15, 0.2) is 0 Å². The van der Waals surface area contributed by atoms with E-state index in [0.29, 0.717) is 16.9 Å². The van der Waals surface area contributed by atoms with E-state index in [2.05, 4.69) is 5.32 Å². The average Bonchev–Trinajstić information content (AvgIpc) is 2.92. The predicted octanol–water partition coefficient (Wildman–Crippen LogP) is 5.15. The number of amides is 2. The van der Waals surface area contributed by atoms with E-state index in [1.807, 2.05) is 19.1 Å². The van der Waals surface area contributed by atoms with Crippen molar-refractivity contribution >= 4 is 27.5 Å². The standard InChI is InChI=1S/C29H32F3N3O4S/c1-4-26(28(37)33-5-2)34(19-22-13-10-9-12-21(22)3)27(36)20-35(40(38,39)25-16-7-6-8-17-25)24-15-11-14-23(18-24)29(30,31)32/h6-18,26H,4-5,19-20H2,1-3H3,(H,33,37)/t26-/m0/s1. The van der Waals surface area contributed by atoms with Crippen LogP contribution in [0.3, 0.4) is 0 Å². The van der Waals surface area contributed by atoms with Crippen molar-refractivity contribution in [3.8, 4) is 0 Å². The first-order valence-electron chi connectivity index (χ1n) is 12.8. The minimum absolute atomic E-state index is 0.00294. The normalized spacial score (nSPS) is 12.4. The number of halogens is 3. The summed E-state index contributed by atoms with van der Waals surface area (Å²) in [5.74, 6) is -1.15. The van der Waals surface area contributed by atoms with Crippen molar-refractivity contribution in [3.63, 3.8) is 0 Å². The summed E-state index contributed by atoms with van der Waals surface area (Å²) in [6.45, 7) is 4.81. The number of likely N-dealkylation sites (N-methyl/N-ethyl adjacent to an activating group) is 1. The van der Waals surface area contributed by atoms with Gasteiger partial charge in [0.25, 0.3) is 10.0 Å². The quantitative estimate of drug-likeness (QED) is 0.343. The third-order valence-electron chi connectivity index (χ3n) is 6.41. The van der Waals surface area contributed by atoms with Gasteiger partial charge in [-0.25, -0.2) is 8.42 Å². The molecule has 0 unspecified atom stereocenters. The molecule has 0 heterocycles. The van der Waals surface area contributed by atoms with E-state index in [0.717, 1.165) is 23.3 Å². The smallest absolute Gasteiger partial charge is 0.355 e. The lowest BCUT2D eigenvalue weighted by molar-refractivity contribution is -0.140. The molecule has 0 aromatic heterocycles. The molecule has 1 atom stereocenters. The fraction of sp³-hybridized carbons (Fsp3) is 0.310. The van der Waals surface area contributed by atoms with Gasteiger partial charge in [0, 0.05) is 13.1 Å². The number of sulfonamides is 1. The van der Waals surface area contributed by atoms with Gasteiger partial charge in [0.2, 0.25) is 11.8 Å². The minimum Gasteiger partial charge on any atom is -0.355 e. The van der Waals surface area contributed by atoms with Crippen molar-refractivity contribution in [2.75, 3.05) is 17.4 Å². The molecule has 0 saturated carbocycles. The Morgan fingerprint density at radius 2 is 1.57 bits per heavy atom. The fourth-order valence-electron chi connectivity index (χ4n) is 4.27. The van der Waals surface area contributed by atoms with Crippen molar-refractivity contribution in [3.05, 3.63) is 95.6 Å². The molecule has 214 valence electrons. The van der Waals surface area contributed by atoms with Gasteiger partial charge in [-0.1, -0.05) is 55.5 Å². The van der Waals surface area contributed by atoms with E-state index in [-0.39, 0.29) is 23.5 Å². The number of nitrogens with one attached hydrogen (secondary N) is 1. The van der Waals surface area contributed by atoms with Crippen molar-refractivity contribution in [1.82, 2.24) is 10.2 Å². The second-order valence-electron chi connectivity index (χ2n) is 9.14. The van der Waals surface area contributed by atoms with Gasteiger partial charge in [0.1, 0.15) is 12.6 Å². The molecule has 1 N–H and O–H groups in total. The molecule has 11 heteroatoms. The van der Waals surface area contributed by atoms with E-state index in [9.17, 15) is 31.2 Å². The summed E-state index contributed by atoms with van der Waals surface area (Å²) in [6.07, 6.45) is -4.50. The summed E-state index contributed by atoms with van der Waals surface area (Å²) < 4.78 is 68.8. The molecular formula is C29H32F3N3O4S. The summed E-state index contributed by atoms with van der Waals surface area (Å²) in [5, 5.41) is 2.71. The third-order valence-corrected chi connectivity index (χ3v) is 8.20. The molecule has 3 rings (SSSR count). The molecule has 0 bridgehead atoms. The van der Waals surface area contributed by atoms with Crippen molar-refractivity contribution < 1.29 is 31.2 Å². The number of carbonyl (C=O) groups is 2. The highest BCUT2D eigenvalue weighted by Crippen LogP contribution is 2.33. The molecule has 0 radical (unpaired) electrons. The van der Waals surface area contributed by atoms with E-state index < -0.39 is 46.2 Å². The number of hydrogen-bond acceptors (Lipinski definition) is 4. The van der Waals surface area contributed by atoms with Gasteiger partial charge in [-0.05, 0) is 61.7 Å². The van der Waals surface area contributed by atoms with Crippen LogP contribution in [0, 0.1) is 6.92 Å². The van der Waals surface area contributed by atoms with Crippen molar-refractivity contribution in [2.45, 2.75) is 50.9 Å². The van der Waals surface area contributed by atoms with E-state index >= 15 is 0 Å². The summed E-state index contributed by atoms with van der Waals surface area (Å²) in [4.78, 5) is 28.0. The Labute approximate surface area is 232 Å². The lowest BCUT2D eigenvalue weighted by Gasteiger charge is -2.33. The summed E-state index contributed by atoms with van der Waals surface area (Å²) in [5.41, 5.74) is 0.220. The number of alkyl halides is 3. The highest BCUT2D eigenvalue weighted by Gasteiger charge is 2.35. The van der Waals surface area contributed by atoms with Crippen molar-refractivity contribution in [2.24, 2.45) is 0 Å². The van der Waals surface area contributed by atoms with E-state index in [1.54, 1.807) is 32.0 Å². The highest BCUT2D eigenvalue weighted by molar-refractivity contribution is 7.92. The van der Waals surface area contributed by atoms with Crippen LogP contribution in [0.1, 0.15) is 37.0 Å². The zero-order chi connectivity index (χ0) is 29.5. The average molecular weight is 576 g/mol. The van der Waals surface area contributed by atoms with Crippen LogP contribution in [0.5, 0.6) is 0 Å². The second-order valence-corrected chi connectivity index (χ2v) is 11.0. The number of aryl methyl sites for hydroxylation is 1. The van der Waals surface area contributed by atoms with E-state index in [4.69, 9.17) is 0 Å². The Balaban J connectivity index is 2.12. The Hall–Kier alpha value is -3.86. The van der Waals surface area contributed by atoms with Crippen LogP contribution in [0.4, 0.5) is 18.9 Å². The maximum atomic E-state index is 13.9. The Morgan fingerprint density at radius 1 is 0.925 bits per heavy atom. The van der Waals surface area contributed by atoms with Crippen LogP contribution in [-0.4, -0.2) is 44.3 Å². The first-order valence-corrected chi connectivity index (χ1v) is 14.2. The Kier molecular flexibility index (Phi) is 9.97. The fourth-order valence-corrected chi connectivity index (χ4v) is 5.70. The largest absolute Gasteiger partial charge is 0.416 e. The zero-order valence-corrected chi connectivity index (χ0v) is 23.3. The lowest BCUT2D eigenvalue weighted by atomic mass is 10.1. The monoisotopic (exact) mass is 575 g/mol. The molecule has 3 aromatic rings. The number of rotatable bonds is 11. The van der Waals surface area contributed by atoms with Crippen LogP contribution in [0.25, 0.3) is 0 Å². The Bertz CT molecular complexity index is 1430. The Morgan fingerprint density at radius 3 is 2.17 bits per heavy atom. The minimum atomic E-state index is -4.73. The molecule has 0 aliphatic rings. The number of benzene rings is 3. The lowest BCUT2D eigenvalue weighted by Crippen LogP contribution is -2.52. The number of anilines is 1. The molecule has 40 heavy (non-hydrogen) atoms. The molecular weight excluding hydrogens is 543 g/mol. The van der Waals surface area contributed by atoms with Gasteiger partial charge in [-0.3, -0.25) is 13.9 Å². The first-order chi connectivity index (χ1) is 18.9. The summed E-state index contributed by atoms with van der Waals surface area (Å²) >= 11 is 0. The maximum Gasteiger partial charge on any atom is 0.416 e. The first kappa shape index (κ1) is 30.7. The third kappa shape index (κ3) is 7.20. The van der Waals surface area contributed by atoms with Gasteiger partial charge >= 0.3 is 6.18 Å². The predicted molar refractivity (Wildman–Crippen MR) is 147 cm³/mol. The molecule has 0 spiro atoms. The molecule has 3 aromatic carbocycles. The van der Waals surface area contributed by atoms with Crippen LogP contribution in [0.2, 0.25) is 0 Å². The topological polar surface area (TPSA) is 86.8 Å². The molecule has 0 saturated heterocycles. The molecule has 7 nitrogen and oxygen atoms in total. The molecule has 0 fully saturated rings. The van der Waals surface area contributed by atoms with Crippen LogP contribution < -0.4 is 9.62 Å². The van der Waals surface area contributed by atoms with Crippen LogP contribution in [-0.2, 0) is 32.3 Å². The highest BCUT2D eigenvalue weighted by atomic mass is 32.2. The van der Waals surface area contributed by atoms with Gasteiger partial charge in [-0.2, -0.15) is 13.2 Å².